The lowest BCUT2D eigenvalue weighted by Gasteiger charge is -2.08. The number of hydrogen-bond donors (Lipinski definition) is 3. The lowest BCUT2D eigenvalue weighted by molar-refractivity contribution is -0.132. The average Bonchev–Trinajstić information content (AvgIpc) is 2.10. The molecule has 0 aliphatic carbocycles. The molecule has 0 heterocycles. The van der Waals surface area contributed by atoms with Crippen LogP contribution in [0.4, 0.5) is 0 Å². The second kappa shape index (κ2) is 7.00. The zero-order valence-electron chi connectivity index (χ0n) is 9.33. The van der Waals surface area contributed by atoms with Gasteiger partial charge in [-0.15, -0.1) is 0 Å². The number of nitrogens with one attached hydrogen (secondary N) is 2. The van der Waals surface area contributed by atoms with Crippen molar-refractivity contribution in [3.63, 3.8) is 0 Å². The predicted octanol–water partition coefficient (Wildman–Crippen LogP) is 0.132. The fourth-order valence-corrected chi connectivity index (χ4v) is 0.871. The molecule has 0 fully saturated rings. The molecule has 5 heteroatoms. The topological polar surface area (TPSA) is 78.4 Å². The zero-order valence-corrected chi connectivity index (χ0v) is 9.33. The Morgan fingerprint density at radius 3 is 2.47 bits per heavy atom. The molecule has 0 aliphatic rings. The molecule has 0 aliphatic heterocycles. The van der Waals surface area contributed by atoms with Crippen LogP contribution in [0.2, 0.25) is 0 Å². The first-order valence-electron chi connectivity index (χ1n) is 4.83. The molecule has 0 radical (unpaired) electrons. The van der Waals surface area contributed by atoms with Crippen molar-refractivity contribution in [2.24, 2.45) is 0 Å². The Morgan fingerprint density at radius 2 is 2.00 bits per heavy atom. The van der Waals surface area contributed by atoms with Gasteiger partial charge in [0.05, 0.1) is 6.54 Å². The van der Waals surface area contributed by atoms with E-state index < -0.39 is 5.97 Å². The van der Waals surface area contributed by atoms with Crippen molar-refractivity contribution in [2.75, 3.05) is 13.1 Å². The molecule has 0 rings (SSSR count). The Labute approximate surface area is 89.6 Å². The number of hydrogen-bond acceptors (Lipinski definition) is 3. The monoisotopic (exact) mass is 214 g/mol. The van der Waals surface area contributed by atoms with Crippen LogP contribution < -0.4 is 10.6 Å². The summed E-state index contributed by atoms with van der Waals surface area (Å²) in [6.45, 7) is 5.85. The van der Waals surface area contributed by atoms with Gasteiger partial charge in [0.15, 0.2) is 0 Å². The van der Waals surface area contributed by atoms with E-state index in [4.69, 9.17) is 5.11 Å². The van der Waals surface area contributed by atoms with Gasteiger partial charge in [-0.3, -0.25) is 4.79 Å². The number of carbonyl (C=O) groups excluding carboxylic acids is 1. The van der Waals surface area contributed by atoms with E-state index in [9.17, 15) is 9.59 Å². The Hall–Kier alpha value is -1.36. The maximum absolute atomic E-state index is 11.1. The Kier molecular flexibility index (Phi) is 6.37. The van der Waals surface area contributed by atoms with Crippen LogP contribution in [0.1, 0.15) is 20.8 Å². The first-order chi connectivity index (χ1) is 6.93. The highest BCUT2D eigenvalue weighted by Crippen LogP contribution is 1.89. The molecule has 1 amide bonds. The lowest BCUT2D eigenvalue weighted by atomic mass is 10.3. The number of carboxylic acid groups (broad SMARTS) is 1. The fourth-order valence-electron chi connectivity index (χ4n) is 0.871. The summed E-state index contributed by atoms with van der Waals surface area (Å²) in [6.07, 6.45) is 1.53. The smallest absolute Gasteiger partial charge is 0.330 e. The molecule has 0 aromatic carbocycles. The van der Waals surface area contributed by atoms with Gasteiger partial charge in [-0.2, -0.15) is 0 Å². The summed E-state index contributed by atoms with van der Waals surface area (Å²) in [7, 11) is 0. The third-order valence-corrected chi connectivity index (χ3v) is 1.63. The molecule has 0 saturated heterocycles. The van der Waals surface area contributed by atoms with Gasteiger partial charge in [-0.05, 0) is 20.8 Å². The van der Waals surface area contributed by atoms with E-state index in [0.29, 0.717) is 6.54 Å². The highest BCUT2D eigenvalue weighted by molar-refractivity contribution is 5.85. The van der Waals surface area contributed by atoms with Gasteiger partial charge in [-0.1, -0.05) is 6.08 Å². The van der Waals surface area contributed by atoms with Crippen LogP contribution in [0.5, 0.6) is 0 Å². The predicted molar refractivity (Wildman–Crippen MR) is 57.5 cm³/mol. The zero-order chi connectivity index (χ0) is 11.8. The maximum Gasteiger partial charge on any atom is 0.330 e. The summed E-state index contributed by atoms with van der Waals surface area (Å²) < 4.78 is 0. The van der Waals surface area contributed by atoms with Gasteiger partial charge in [0.1, 0.15) is 0 Å². The molecular formula is C10H18N2O3. The molecule has 3 N–H and O–H groups in total. The number of amides is 1. The van der Waals surface area contributed by atoms with Crippen LogP contribution in [0.3, 0.4) is 0 Å². The molecule has 0 aromatic heterocycles. The SMILES string of the molecule is C/C(=C/CNCC(=O)NC(C)C)C(=O)O. The van der Waals surface area contributed by atoms with E-state index in [1.165, 1.54) is 13.0 Å². The normalized spacial score (nSPS) is 11.6. The summed E-state index contributed by atoms with van der Waals surface area (Å²) in [5, 5.41) is 14.1. The van der Waals surface area contributed by atoms with Crippen molar-refractivity contribution in [1.82, 2.24) is 10.6 Å². The highest BCUT2D eigenvalue weighted by Gasteiger charge is 2.02. The van der Waals surface area contributed by atoms with E-state index in [1.54, 1.807) is 0 Å². The Balaban J connectivity index is 3.67. The van der Waals surface area contributed by atoms with E-state index in [2.05, 4.69) is 10.6 Å². The molecule has 0 atom stereocenters. The summed E-state index contributed by atoms with van der Waals surface area (Å²) in [5.41, 5.74) is 0.270. The fraction of sp³-hybridized carbons (Fsp3) is 0.600. The Morgan fingerprint density at radius 1 is 1.40 bits per heavy atom. The minimum absolute atomic E-state index is 0.0913. The molecule has 15 heavy (non-hydrogen) atoms. The third kappa shape index (κ3) is 7.69. The van der Waals surface area contributed by atoms with E-state index in [1.807, 2.05) is 13.8 Å². The number of aliphatic carboxylic acids is 1. The van der Waals surface area contributed by atoms with Crippen molar-refractivity contribution >= 4 is 11.9 Å². The van der Waals surface area contributed by atoms with E-state index in [0.717, 1.165) is 0 Å². The minimum Gasteiger partial charge on any atom is -0.478 e. The van der Waals surface area contributed by atoms with E-state index >= 15 is 0 Å². The van der Waals surface area contributed by atoms with Gasteiger partial charge in [0, 0.05) is 18.2 Å². The van der Waals surface area contributed by atoms with Crippen LogP contribution >= 0.6 is 0 Å². The molecule has 0 spiro atoms. The summed E-state index contributed by atoms with van der Waals surface area (Å²) in [5.74, 6) is -1.03. The van der Waals surface area contributed by atoms with Crippen LogP contribution in [0.15, 0.2) is 11.6 Å². The summed E-state index contributed by atoms with van der Waals surface area (Å²) in [4.78, 5) is 21.5. The minimum atomic E-state index is -0.941. The van der Waals surface area contributed by atoms with Crippen molar-refractivity contribution in [2.45, 2.75) is 26.8 Å². The number of rotatable bonds is 6. The van der Waals surface area contributed by atoms with Crippen molar-refractivity contribution in [1.29, 1.82) is 0 Å². The van der Waals surface area contributed by atoms with Gasteiger partial charge in [-0.25, -0.2) is 4.79 Å². The third-order valence-electron chi connectivity index (χ3n) is 1.63. The second-order valence-corrected chi connectivity index (χ2v) is 3.55. The van der Waals surface area contributed by atoms with E-state index in [-0.39, 0.29) is 24.1 Å². The van der Waals surface area contributed by atoms with Crippen LogP contribution in [0.25, 0.3) is 0 Å². The average molecular weight is 214 g/mol. The molecule has 0 saturated carbocycles. The summed E-state index contributed by atoms with van der Waals surface area (Å²) >= 11 is 0. The van der Waals surface area contributed by atoms with Crippen LogP contribution in [0, 0.1) is 0 Å². The van der Waals surface area contributed by atoms with Crippen molar-refractivity contribution in [3.05, 3.63) is 11.6 Å². The van der Waals surface area contributed by atoms with Gasteiger partial charge in [0.2, 0.25) is 5.91 Å². The molecule has 5 nitrogen and oxygen atoms in total. The molecule has 0 unspecified atom stereocenters. The quantitative estimate of drug-likeness (QED) is 0.434. The largest absolute Gasteiger partial charge is 0.478 e. The molecular weight excluding hydrogens is 196 g/mol. The first kappa shape index (κ1) is 13.6. The van der Waals surface area contributed by atoms with Crippen molar-refractivity contribution < 1.29 is 14.7 Å². The highest BCUT2D eigenvalue weighted by atomic mass is 16.4. The van der Waals surface area contributed by atoms with Gasteiger partial charge < -0.3 is 15.7 Å². The molecule has 86 valence electrons. The summed E-state index contributed by atoms with van der Waals surface area (Å²) in [6, 6.07) is 0.121. The van der Waals surface area contributed by atoms with Gasteiger partial charge in [0.25, 0.3) is 0 Å². The maximum atomic E-state index is 11.1. The molecule has 0 bridgehead atoms. The number of carboxylic acids is 1. The van der Waals surface area contributed by atoms with Crippen LogP contribution in [-0.2, 0) is 9.59 Å². The first-order valence-corrected chi connectivity index (χ1v) is 4.83. The Bertz CT molecular complexity index is 259. The van der Waals surface area contributed by atoms with Gasteiger partial charge >= 0.3 is 5.97 Å². The lowest BCUT2D eigenvalue weighted by Crippen LogP contribution is -2.37. The van der Waals surface area contributed by atoms with Crippen LogP contribution in [-0.4, -0.2) is 36.1 Å². The number of carbonyl (C=O) groups is 2. The standard InChI is InChI=1S/C10H18N2O3/c1-7(2)12-9(13)6-11-5-4-8(3)10(14)15/h4,7,11H,5-6H2,1-3H3,(H,12,13)(H,14,15)/b8-4-. The second-order valence-electron chi connectivity index (χ2n) is 3.55. The van der Waals surface area contributed by atoms with Crippen molar-refractivity contribution in [3.8, 4) is 0 Å². The molecule has 0 aromatic rings.